The zero-order valence-electron chi connectivity index (χ0n) is 7.91. The average Bonchev–Trinajstić information content (AvgIpc) is 2.46. The van der Waals surface area contributed by atoms with Crippen LogP contribution in [0.1, 0.15) is 6.92 Å². The lowest BCUT2D eigenvalue weighted by molar-refractivity contribution is -0.147. The molecule has 0 amide bonds. The summed E-state index contributed by atoms with van der Waals surface area (Å²) in [5.74, 6) is -2.78. The van der Waals surface area contributed by atoms with Gasteiger partial charge in [-0.15, -0.1) is 0 Å². The normalized spacial score (nSPS) is 21.2. The van der Waals surface area contributed by atoms with Crippen molar-refractivity contribution in [1.29, 1.82) is 5.26 Å². The van der Waals surface area contributed by atoms with Crippen molar-refractivity contribution in [2.75, 3.05) is 6.61 Å². The molecule has 0 aromatic carbocycles. The Morgan fingerprint density at radius 1 is 1.60 bits per heavy atom. The Hall–Kier alpha value is -1.78. The van der Waals surface area contributed by atoms with Crippen molar-refractivity contribution < 1.29 is 30.0 Å². The lowest BCUT2D eigenvalue weighted by Gasteiger charge is -2.13. The largest absolute Gasteiger partial charge is 0.505 e. The molecule has 84 valence electrons. The quantitative estimate of drug-likeness (QED) is 0.442. The fourth-order valence-corrected chi connectivity index (χ4v) is 0.823. The highest BCUT2D eigenvalue weighted by atomic mass is 16.6. The molecule has 0 aromatic rings. The first-order valence-electron chi connectivity index (χ1n) is 3.92. The molecule has 7 nitrogen and oxygen atoms in total. The summed E-state index contributed by atoms with van der Waals surface area (Å²) in [6.07, 6.45) is -2.78. The monoisotopic (exact) mass is 217 g/mol. The third kappa shape index (κ3) is 3.12. The second-order valence-corrected chi connectivity index (χ2v) is 2.53. The van der Waals surface area contributed by atoms with Gasteiger partial charge in [0.2, 0.25) is 5.76 Å². The number of hydrogen-bond acceptors (Lipinski definition) is 7. The molecule has 4 N–H and O–H groups in total. The molecule has 0 spiro atoms. The van der Waals surface area contributed by atoms with Gasteiger partial charge in [0.25, 0.3) is 0 Å². The van der Waals surface area contributed by atoms with Gasteiger partial charge in [0.1, 0.15) is 6.10 Å². The van der Waals surface area contributed by atoms with Gasteiger partial charge in [-0.3, -0.25) is 0 Å². The summed E-state index contributed by atoms with van der Waals surface area (Å²) in [6.45, 7) is 0.759. The van der Waals surface area contributed by atoms with E-state index < -0.39 is 36.3 Å². The third-order valence-corrected chi connectivity index (χ3v) is 1.48. The molecule has 0 unspecified atom stereocenters. The van der Waals surface area contributed by atoms with Gasteiger partial charge in [-0.05, 0) is 0 Å². The number of ether oxygens (including phenoxy) is 1. The van der Waals surface area contributed by atoms with Crippen molar-refractivity contribution in [2.45, 2.75) is 19.1 Å². The van der Waals surface area contributed by atoms with Crippen molar-refractivity contribution in [3.63, 3.8) is 0 Å². The standard InChI is InChI=1S/C6H8O6.C2H3N/c7-1-2(8)5-3(9)4(10)6(11)12-5;1-2-3/h2,5,7-10H,1H2;1H3/t2-,5+;/m0./s1. The lowest BCUT2D eigenvalue weighted by Crippen LogP contribution is -2.31. The van der Waals surface area contributed by atoms with Crippen molar-refractivity contribution in [3.8, 4) is 6.07 Å². The molecule has 2 atom stereocenters. The van der Waals surface area contributed by atoms with E-state index in [0.29, 0.717) is 0 Å². The fourth-order valence-electron chi connectivity index (χ4n) is 0.823. The summed E-state index contributed by atoms with van der Waals surface area (Å²) in [6, 6.07) is 1.75. The SMILES string of the molecule is CC#N.O=C1O[C@H]([C@@H](O)CO)C(O)=C1O. The summed E-state index contributed by atoms with van der Waals surface area (Å²) in [5.41, 5.74) is 0. The first-order valence-corrected chi connectivity index (χ1v) is 3.92. The van der Waals surface area contributed by atoms with Gasteiger partial charge in [-0.25, -0.2) is 4.79 Å². The second-order valence-electron chi connectivity index (χ2n) is 2.53. The Kier molecular flexibility index (Phi) is 5.15. The highest BCUT2D eigenvalue weighted by Gasteiger charge is 2.38. The first-order chi connectivity index (χ1) is 6.99. The van der Waals surface area contributed by atoms with Gasteiger partial charge in [0.05, 0.1) is 12.7 Å². The Morgan fingerprint density at radius 3 is 2.33 bits per heavy atom. The predicted molar refractivity (Wildman–Crippen MR) is 46.5 cm³/mol. The van der Waals surface area contributed by atoms with Crippen LogP contribution >= 0.6 is 0 Å². The summed E-state index contributed by atoms with van der Waals surface area (Å²) >= 11 is 0. The smallest absolute Gasteiger partial charge is 0.377 e. The van der Waals surface area contributed by atoms with Crippen molar-refractivity contribution in [3.05, 3.63) is 11.5 Å². The number of hydrogen-bond donors (Lipinski definition) is 4. The highest BCUT2D eigenvalue weighted by molar-refractivity contribution is 5.89. The summed E-state index contributed by atoms with van der Waals surface area (Å²) in [4.78, 5) is 10.5. The van der Waals surface area contributed by atoms with Crippen molar-refractivity contribution >= 4 is 5.97 Å². The maximum absolute atomic E-state index is 10.5. The van der Waals surface area contributed by atoms with Gasteiger partial charge in [-0.1, -0.05) is 0 Å². The van der Waals surface area contributed by atoms with E-state index in [2.05, 4.69) is 4.74 Å². The van der Waals surface area contributed by atoms with Crippen molar-refractivity contribution in [2.24, 2.45) is 0 Å². The van der Waals surface area contributed by atoms with Gasteiger partial charge in [-0.2, -0.15) is 5.26 Å². The molecular formula is C8H11NO6. The topological polar surface area (TPSA) is 131 Å². The van der Waals surface area contributed by atoms with Crippen LogP contribution in [0.4, 0.5) is 0 Å². The molecule has 0 radical (unpaired) electrons. The second kappa shape index (κ2) is 5.85. The molecule has 0 saturated carbocycles. The van der Waals surface area contributed by atoms with Gasteiger partial charge < -0.3 is 25.2 Å². The van der Waals surface area contributed by atoms with E-state index in [9.17, 15) is 4.79 Å². The molecule has 1 aliphatic rings. The first kappa shape index (κ1) is 13.2. The fraction of sp³-hybridized carbons (Fsp3) is 0.500. The van der Waals surface area contributed by atoms with Crippen molar-refractivity contribution in [1.82, 2.24) is 0 Å². The predicted octanol–water partition coefficient (Wildman–Crippen LogP) is -0.878. The number of cyclic esters (lactones) is 1. The lowest BCUT2D eigenvalue weighted by atomic mass is 10.2. The zero-order chi connectivity index (χ0) is 12.0. The molecular weight excluding hydrogens is 206 g/mol. The van der Waals surface area contributed by atoms with Crippen LogP contribution in [0.25, 0.3) is 0 Å². The number of esters is 1. The van der Waals surface area contributed by atoms with Crippen LogP contribution in [0.5, 0.6) is 0 Å². The van der Waals surface area contributed by atoms with Crippen LogP contribution < -0.4 is 0 Å². The molecule has 0 aliphatic carbocycles. The number of nitriles is 1. The Morgan fingerprint density at radius 2 is 2.07 bits per heavy atom. The summed E-state index contributed by atoms with van der Waals surface area (Å²) < 4.78 is 4.32. The van der Waals surface area contributed by atoms with Crippen LogP contribution in [0, 0.1) is 11.3 Å². The van der Waals surface area contributed by atoms with Crippen LogP contribution in [0.15, 0.2) is 11.5 Å². The van der Waals surface area contributed by atoms with Gasteiger partial charge >= 0.3 is 5.97 Å². The molecule has 1 rings (SSSR count). The molecule has 0 saturated heterocycles. The number of carbonyl (C=O) groups excluding carboxylic acids is 1. The molecule has 0 aromatic heterocycles. The number of nitrogens with zero attached hydrogens (tertiary/aromatic N) is 1. The maximum Gasteiger partial charge on any atom is 0.377 e. The summed E-state index contributed by atoms with van der Waals surface area (Å²) in [5, 5.41) is 42.4. The van der Waals surface area contributed by atoms with E-state index in [4.69, 9.17) is 25.7 Å². The minimum absolute atomic E-state index is 0.671. The Labute approximate surface area is 85.4 Å². The van der Waals surface area contributed by atoms with E-state index in [0.717, 1.165) is 0 Å². The van der Waals surface area contributed by atoms with E-state index >= 15 is 0 Å². The maximum atomic E-state index is 10.5. The van der Waals surface area contributed by atoms with E-state index in [1.807, 2.05) is 0 Å². The Balaban J connectivity index is 0.000000583. The molecule has 0 fully saturated rings. The van der Waals surface area contributed by atoms with Crippen LogP contribution in [-0.2, 0) is 9.53 Å². The number of rotatable bonds is 2. The molecule has 7 heteroatoms. The molecule has 1 aliphatic heterocycles. The molecule has 15 heavy (non-hydrogen) atoms. The van der Waals surface area contributed by atoms with E-state index in [1.54, 1.807) is 6.07 Å². The third-order valence-electron chi connectivity index (χ3n) is 1.48. The number of carbonyl (C=O) groups is 1. The minimum Gasteiger partial charge on any atom is -0.505 e. The van der Waals surface area contributed by atoms with Crippen LogP contribution in [0.3, 0.4) is 0 Å². The highest BCUT2D eigenvalue weighted by Crippen LogP contribution is 2.20. The molecule has 1 heterocycles. The molecule has 0 bridgehead atoms. The van der Waals surface area contributed by atoms with Gasteiger partial charge in [0, 0.05) is 6.92 Å². The van der Waals surface area contributed by atoms with E-state index in [1.165, 1.54) is 6.92 Å². The zero-order valence-corrected chi connectivity index (χ0v) is 7.91. The van der Waals surface area contributed by atoms with Gasteiger partial charge in [0.15, 0.2) is 11.9 Å². The number of aliphatic hydroxyl groups is 4. The Bertz CT molecular complexity index is 305. The van der Waals surface area contributed by atoms with Crippen LogP contribution in [-0.4, -0.2) is 45.2 Å². The summed E-state index contributed by atoms with van der Waals surface area (Å²) in [7, 11) is 0. The van der Waals surface area contributed by atoms with Crippen LogP contribution in [0.2, 0.25) is 0 Å². The average molecular weight is 217 g/mol. The minimum atomic E-state index is -1.42. The van der Waals surface area contributed by atoms with E-state index in [-0.39, 0.29) is 0 Å². The number of aliphatic hydroxyl groups excluding tert-OH is 4.